The smallest absolute Gasteiger partial charge is 0.254 e. The van der Waals surface area contributed by atoms with Crippen molar-refractivity contribution >= 4 is 5.91 Å². The molecule has 1 aliphatic heterocycles. The van der Waals surface area contributed by atoms with Crippen LogP contribution >= 0.6 is 0 Å². The van der Waals surface area contributed by atoms with Crippen LogP contribution in [0, 0.1) is 11.3 Å². The molecular weight excluding hydrogens is 264 g/mol. The van der Waals surface area contributed by atoms with Crippen molar-refractivity contribution in [2.75, 3.05) is 6.54 Å². The molecule has 0 aliphatic carbocycles. The molecule has 1 saturated heterocycles. The van der Waals surface area contributed by atoms with Crippen LogP contribution in [0.1, 0.15) is 40.4 Å². The average molecular weight is 280 g/mol. The quantitative estimate of drug-likeness (QED) is 0.847. The summed E-state index contributed by atoms with van der Waals surface area (Å²) < 4.78 is 1.76. The number of rotatable bonds is 2. The lowest BCUT2D eigenvalue weighted by molar-refractivity contribution is 0.0735. The summed E-state index contributed by atoms with van der Waals surface area (Å²) in [4.78, 5) is 14.6. The van der Waals surface area contributed by atoms with Crippen molar-refractivity contribution in [3.05, 3.63) is 53.3 Å². The molecule has 0 N–H and O–H groups in total. The summed E-state index contributed by atoms with van der Waals surface area (Å²) in [6.45, 7) is 0.762. The van der Waals surface area contributed by atoms with Crippen LogP contribution in [0.15, 0.2) is 36.7 Å². The van der Waals surface area contributed by atoms with Gasteiger partial charge in [-0.15, -0.1) is 0 Å². The zero-order valence-electron chi connectivity index (χ0n) is 11.9. The van der Waals surface area contributed by atoms with Crippen molar-refractivity contribution in [3.8, 4) is 6.07 Å². The molecule has 106 valence electrons. The van der Waals surface area contributed by atoms with Gasteiger partial charge in [-0.25, -0.2) is 0 Å². The van der Waals surface area contributed by atoms with Crippen LogP contribution in [0.3, 0.4) is 0 Å². The number of nitrogens with zero attached hydrogens (tertiary/aromatic N) is 4. The molecule has 0 bridgehead atoms. The maximum absolute atomic E-state index is 12.7. The Balaban J connectivity index is 1.84. The number of carbonyl (C=O) groups excluding carboxylic acids is 1. The highest BCUT2D eigenvalue weighted by atomic mass is 16.2. The number of hydrogen-bond donors (Lipinski definition) is 0. The normalized spacial score (nSPS) is 17.7. The number of carbonyl (C=O) groups is 1. The lowest BCUT2D eigenvalue weighted by atomic mass is 10.1. The van der Waals surface area contributed by atoms with Crippen LogP contribution in [0.2, 0.25) is 0 Å². The Labute approximate surface area is 123 Å². The van der Waals surface area contributed by atoms with Crippen molar-refractivity contribution in [1.29, 1.82) is 5.26 Å². The Hall–Kier alpha value is -2.61. The number of hydrogen-bond acceptors (Lipinski definition) is 3. The molecule has 0 saturated carbocycles. The van der Waals surface area contributed by atoms with Gasteiger partial charge in [-0.2, -0.15) is 10.4 Å². The van der Waals surface area contributed by atoms with E-state index in [1.807, 2.05) is 24.3 Å². The number of amides is 1. The van der Waals surface area contributed by atoms with E-state index in [1.165, 1.54) is 0 Å². The van der Waals surface area contributed by atoms with E-state index in [9.17, 15) is 4.79 Å². The summed E-state index contributed by atoms with van der Waals surface area (Å²) in [6.07, 6.45) is 5.76. The molecule has 0 spiro atoms. The summed E-state index contributed by atoms with van der Waals surface area (Å²) in [6, 6.07) is 8.97. The number of aromatic nitrogens is 2. The van der Waals surface area contributed by atoms with E-state index in [0.717, 1.165) is 24.9 Å². The van der Waals surface area contributed by atoms with Crippen molar-refractivity contribution in [2.45, 2.75) is 18.9 Å². The minimum Gasteiger partial charge on any atom is -0.331 e. The second kappa shape index (κ2) is 5.41. The minimum atomic E-state index is 0.0193. The molecule has 1 aromatic carbocycles. The van der Waals surface area contributed by atoms with E-state index < -0.39 is 0 Å². The molecule has 1 atom stereocenters. The van der Waals surface area contributed by atoms with Crippen LogP contribution in [-0.2, 0) is 7.05 Å². The molecule has 5 heteroatoms. The van der Waals surface area contributed by atoms with E-state index in [4.69, 9.17) is 5.26 Å². The van der Waals surface area contributed by atoms with Gasteiger partial charge in [-0.05, 0) is 37.1 Å². The molecule has 1 aromatic heterocycles. The predicted molar refractivity (Wildman–Crippen MR) is 77.4 cm³/mol. The van der Waals surface area contributed by atoms with Crippen molar-refractivity contribution in [3.63, 3.8) is 0 Å². The van der Waals surface area contributed by atoms with E-state index >= 15 is 0 Å². The van der Waals surface area contributed by atoms with Gasteiger partial charge in [-0.1, -0.05) is 0 Å². The second-order valence-corrected chi connectivity index (χ2v) is 5.29. The number of likely N-dealkylation sites (tertiary alicyclic amines) is 1. The minimum absolute atomic E-state index is 0.0193. The molecule has 5 nitrogen and oxygen atoms in total. The monoisotopic (exact) mass is 280 g/mol. The fourth-order valence-corrected chi connectivity index (χ4v) is 2.82. The molecule has 1 aliphatic rings. The first-order valence-corrected chi connectivity index (χ1v) is 6.99. The molecule has 21 heavy (non-hydrogen) atoms. The van der Waals surface area contributed by atoms with Gasteiger partial charge in [0.25, 0.3) is 5.91 Å². The van der Waals surface area contributed by atoms with E-state index in [1.54, 1.807) is 28.9 Å². The Bertz CT molecular complexity index is 696. The third kappa shape index (κ3) is 2.52. The lowest BCUT2D eigenvalue weighted by Gasteiger charge is -2.24. The Morgan fingerprint density at radius 2 is 2.14 bits per heavy atom. The number of aryl methyl sites for hydroxylation is 1. The molecule has 2 aromatic rings. The summed E-state index contributed by atoms with van der Waals surface area (Å²) >= 11 is 0. The summed E-state index contributed by atoms with van der Waals surface area (Å²) in [5.41, 5.74) is 2.28. The highest BCUT2D eigenvalue weighted by Gasteiger charge is 2.31. The van der Waals surface area contributed by atoms with Gasteiger partial charge in [-0.3, -0.25) is 9.48 Å². The highest BCUT2D eigenvalue weighted by Crippen LogP contribution is 2.32. The van der Waals surface area contributed by atoms with Crippen molar-refractivity contribution in [1.82, 2.24) is 14.7 Å². The SMILES string of the molecule is Cn1cc([C@@H]2CCCN2C(=O)c2ccc(C#N)cc2)cn1. The summed E-state index contributed by atoms with van der Waals surface area (Å²) in [5, 5.41) is 13.0. The zero-order valence-corrected chi connectivity index (χ0v) is 11.9. The van der Waals surface area contributed by atoms with Crippen LogP contribution in [0.4, 0.5) is 0 Å². The maximum Gasteiger partial charge on any atom is 0.254 e. The van der Waals surface area contributed by atoms with E-state index in [2.05, 4.69) is 11.2 Å². The van der Waals surface area contributed by atoms with Crippen LogP contribution < -0.4 is 0 Å². The average Bonchev–Trinajstić information content (AvgIpc) is 3.15. The molecule has 2 heterocycles. The molecule has 3 rings (SSSR count). The topological polar surface area (TPSA) is 61.9 Å². The zero-order chi connectivity index (χ0) is 14.8. The Kier molecular flexibility index (Phi) is 3.44. The van der Waals surface area contributed by atoms with Crippen molar-refractivity contribution < 1.29 is 4.79 Å². The van der Waals surface area contributed by atoms with E-state index in [0.29, 0.717) is 11.1 Å². The van der Waals surface area contributed by atoms with E-state index in [-0.39, 0.29) is 11.9 Å². The van der Waals surface area contributed by atoms with Gasteiger partial charge in [0.1, 0.15) is 0 Å². The fourth-order valence-electron chi connectivity index (χ4n) is 2.82. The first-order valence-electron chi connectivity index (χ1n) is 6.99. The van der Waals surface area contributed by atoms with Crippen molar-refractivity contribution in [2.24, 2.45) is 7.05 Å². The summed E-state index contributed by atoms with van der Waals surface area (Å²) in [7, 11) is 1.88. The third-order valence-electron chi connectivity index (χ3n) is 3.88. The first kappa shape index (κ1) is 13.4. The van der Waals surface area contributed by atoms with Crippen LogP contribution in [-0.4, -0.2) is 27.1 Å². The molecule has 0 radical (unpaired) electrons. The molecule has 1 amide bonds. The second-order valence-electron chi connectivity index (χ2n) is 5.29. The standard InChI is InChI=1S/C16H16N4O/c1-19-11-14(10-18-19)15-3-2-8-20(15)16(21)13-6-4-12(9-17)5-7-13/h4-7,10-11,15H,2-3,8H2,1H3/t15-/m0/s1. The van der Waals surface area contributed by atoms with Gasteiger partial charge >= 0.3 is 0 Å². The predicted octanol–water partition coefficient (Wildman–Crippen LogP) is 2.27. The Morgan fingerprint density at radius 3 is 2.76 bits per heavy atom. The summed E-state index contributed by atoms with van der Waals surface area (Å²) in [5.74, 6) is 0.0193. The van der Waals surface area contributed by atoms with Gasteiger partial charge in [0.05, 0.1) is 23.9 Å². The molecule has 1 fully saturated rings. The van der Waals surface area contributed by atoms with Gasteiger partial charge in [0.15, 0.2) is 0 Å². The number of nitriles is 1. The maximum atomic E-state index is 12.7. The number of benzene rings is 1. The van der Waals surface area contributed by atoms with Crippen LogP contribution in [0.25, 0.3) is 0 Å². The lowest BCUT2D eigenvalue weighted by Crippen LogP contribution is -2.30. The third-order valence-corrected chi connectivity index (χ3v) is 3.88. The van der Waals surface area contributed by atoms with Gasteiger partial charge in [0, 0.05) is 30.9 Å². The fraction of sp³-hybridized carbons (Fsp3) is 0.312. The largest absolute Gasteiger partial charge is 0.331 e. The Morgan fingerprint density at radius 1 is 1.38 bits per heavy atom. The first-order chi connectivity index (χ1) is 10.2. The van der Waals surface area contributed by atoms with Crippen LogP contribution in [0.5, 0.6) is 0 Å². The molecular formula is C16H16N4O. The van der Waals surface area contributed by atoms with Gasteiger partial charge < -0.3 is 4.90 Å². The highest BCUT2D eigenvalue weighted by molar-refractivity contribution is 5.94. The molecule has 0 unspecified atom stereocenters. The van der Waals surface area contributed by atoms with Gasteiger partial charge in [0.2, 0.25) is 0 Å².